The highest BCUT2D eigenvalue weighted by Gasteiger charge is 2.26. The van der Waals surface area contributed by atoms with E-state index in [1.54, 1.807) is 26.0 Å². The Hall–Kier alpha value is -1.21. The first-order valence-electron chi connectivity index (χ1n) is 5.97. The third-order valence-electron chi connectivity index (χ3n) is 2.78. The summed E-state index contributed by atoms with van der Waals surface area (Å²) >= 11 is 11.6. The summed E-state index contributed by atoms with van der Waals surface area (Å²) in [5.74, 6) is 0.617. The summed E-state index contributed by atoms with van der Waals surface area (Å²) in [6, 6.07) is 5.15. The summed E-state index contributed by atoms with van der Waals surface area (Å²) in [7, 11) is -4.03. The Morgan fingerprint density at radius 1 is 1.29 bits per heavy atom. The van der Waals surface area contributed by atoms with Crippen LogP contribution in [0.2, 0.25) is 10.0 Å². The minimum atomic E-state index is -4.03. The maximum absolute atomic E-state index is 12.3. The van der Waals surface area contributed by atoms with Crippen molar-refractivity contribution in [2.45, 2.75) is 24.8 Å². The molecule has 0 aliphatic heterocycles. The predicted octanol–water partition coefficient (Wildman–Crippen LogP) is 3.64. The Kier molecular flexibility index (Phi) is 4.53. The zero-order valence-electron chi connectivity index (χ0n) is 11.2. The van der Waals surface area contributed by atoms with Crippen molar-refractivity contribution in [2.24, 2.45) is 0 Å². The lowest BCUT2D eigenvalue weighted by Crippen LogP contribution is -2.27. The number of aryl methyl sites for hydroxylation is 1. The molecule has 1 aromatic heterocycles. The maximum atomic E-state index is 12.3. The molecule has 114 valence electrons. The zero-order valence-corrected chi connectivity index (χ0v) is 13.6. The van der Waals surface area contributed by atoms with Crippen molar-refractivity contribution in [1.29, 1.82) is 0 Å². The van der Waals surface area contributed by atoms with E-state index >= 15 is 0 Å². The predicted molar refractivity (Wildman–Crippen MR) is 80.3 cm³/mol. The number of furan rings is 1. The van der Waals surface area contributed by atoms with Crippen LogP contribution in [-0.4, -0.2) is 13.5 Å². The lowest BCUT2D eigenvalue weighted by atomic mass is 10.3. The molecule has 0 aliphatic rings. The van der Waals surface area contributed by atoms with Gasteiger partial charge in [0.05, 0.1) is 11.1 Å². The Bertz CT molecular complexity index is 747. The first kappa shape index (κ1) is 16.2. The molecule has 0 spiro atoms. The van der Waals surface area contributed by atoms with Crippen molar-refractivity contribution < 1.29 is 17.9 Å². The van der Waals surface area contributed by atoms with E-state index < -0.39 is 26.7 Å². The molecule has 0 saturated heterocycles. The quantitative estimate of drug-likeness (QED) is 0.882. The van der Waals surface area contributed by atoms with Crippen molar-refractivity contribution in [3.8, 4) is 5.75 Å². The minimum Gasteiger partial charge on any atom is -0.506 e. The maximum Gasteiger partial charge on any atom is 0.246 e. The number of nitrogens with one attached hydrogen (secondary N) is 1. The summed E-state index contributed by atoms with van der Waals surface area (Å²) < 4.78 is 32.4. The molecule has 1 aromatic carbocycles. The molecule has 2 N–H and O–H groups in total. The molecule has 2 rings (SSSR count). The Balaban J connectivity index is 2.35. The number of aromatic hydroxyl groups is 1. The molecule has 0 amide bonds. The van der Waals surface area contributed by atoms with Crippen LogP contribution in [0.15, 0.2) is 33.6 Å². The number of halogens is 2. The summed E-state index contributed by atoms with van der Waals surface area (Å²) in [6.45, 7) is 3.38. The van der Waals surface area contributed by atoms with Gasteiger partial charge in [-0.2, -0.15) is 0 Å². The van der Waals surface area contributed by atoms with Gasteiger partial charge in [-0.15, -0.1) is 0 Å². The van der Waals surface area contributed by atoms with Gasteiger partial charge in [0.25, 0.3) is 0 Å². The SMILES string of the molecule is Cc1ccc(C(C)NS(=O)(=O)c2c(O)cc(Cl)cc2Cl)o1. The summed E-state index contributed by atoms with van der Waals surface area (Å²) in [5, 5.41) is 9.77. The zero-order chi connectivity index (χ0) is 15.8. The van der Waals surface area contributed by atoms with Crippen LogP contribution in [0.4, 0.5) is 0 Å². The average molecular weight is 350 g/mol. The molecule has 5 nitrogen and oxygen atoms in total. The Morgan fingerprint density at radius 3 is 2.48 bits per heavy atom. The highest BCUT2D eigenvalue weighted by molar-refractivity contribution is 7.89. The summed E-state index contributed by atoms with van der Waals surface area (Å²) in [5.41, 5.74) is 0. The number of phenolic OH excluding ortho intramolecular Hbond substituents is 1. The van der Waals surface area contributed by atoms with E-state index in [4.69, 9.17) is 27.6 Å². The van der Waals surface area contributed by atoms with Crippen molar-refractivity contribution in [1.82, 2.24) is 4.72 Å². The Labute approximate surface area is 132 Å². The van der Waals surface area contributed by atoms with E-state index in [-0.39, 0.29) is 10.0 Å². The van der Waals surface area contributed by atoms with Gasteiger partial charge in [-0.25, -0.2) is 13.1 Å². The molecular weight excluding hydrogens is 337 g/mol. The van der Waals surface area contributed by atoms with Gasteiger partial charge < -0.3 is 9.52 Å². The largest absolute Gasteiger partial charge is 0.506 e. The van der Waals surface area contributed by atoms with Gasteiger partial charge in [-0.3, -0.25) is 0 Å². The second kappa shape index (κ2) is 5.88. The lowest BCUT2D eigenvalue weighted by molar-refractivity contribution is 0.437. The monoisotopic (exact) mass is 349 g/mol. The second-order valence-electron chi connectivity index (χ2n) is 4.53. The van der Waals surface area contributed by atoms with E-state index in [0.29, 0.717) is 11.5 Å². The van der Waals surface area contributed by atoms with E-state index in [1.807, 2.05) is 0 Å². The van der Waals surface area contributed by atoms with Crippen LogP contribution in [0.3, 0.4) is 0 Å². The third-order valence-corrected chi connectivity index (χ3v) is 5.04. The lowest BCUT2D eigenvalue weighted by Gasteiger charge is -2.14. The Morgan fingerprint density at radius 2 is 1.95 bits per heavy atom. The fourth-order valence-electron chi connectivity index (χ4n) is 1.85. The smallest absolute Gasteiger partial charge is 0.246 e. The molecule has 1 unspecified atom stereocenters. The van der Waals surface area contributed by atoms with Crippen LogP contribution >= 0.6 is 23.2 Å². The van der Waals surface area contributed by atoms with Crippen molar-refractivity contribution in [3.05, 3.63) is 45.8 Å². The normalized spacial score (nSPS) is 13.3. The number of rotatable bonds is 4. The summed E-state index contributed by atoms with van der Waals surface area (Å²) in [6.07, 6.45) is 0. The molecule has 0 saturated carbocycles. The van der Waals surface area contributed by atoms with Crippen molar-refractivity contribution in [2.75, 3.05) is 0 Å². The molecule has 0 aliphatic carbocycles. The first-order valence-corrected chi connectivity index (χ1v) is 8.21. The molecule has 8 heteroatoms. The molecular formula is C13H13Cl2NO4S. The van der Waals surface area contributed by atoms with Gasteiger partial charge >= 0.3 is 0 Å². The van der Waals surface area contributed by atoms with Gasteiger partial charge in [0.2, 0.25) is 10.0 Å². The van der Waals surface area contributed by atoms with Crippen LogP contribution in [0.1, 0.15) is 24.5 Å². The first-order chi connectivity index (χ1) is 9.70. The number of hydrogen-bond donors (Lipinski definition) is 2. The average Bonchev–Trinajstić information content (AvgIpc) is 2.73. The molecule has 21 heavy (non-hydrogen) atoms. The highest BCUT2D eigenvalue weighted by Crippen LogP contribution is 2.34. The molecule has 2 aromatic rings. The number of sulfonamides is 1. The second-order valence-corrected chi connectivity index (χ2v) is 7.02. The van der Waals surface area contributed by atoms with Gasteiger partial charge in [-0.05, 0) is 32.0 Å². The fraction of sp³-hybridized carbons (Fsp3) is 0.231. The van der Waals surface area contributed by atoms with Crippen LogP contribution in [0.5, 0.6) is 5.75 Å². The number of phenols is 1. The molecule has 0 radical (unpaired) electrons. The molecule has 1 heterocycles. The van der Waals surface area contributed by atoms with Crippen molar-refractivity contribution >= 4 is 33.2 Å². The number of benzene rings is 1. The van der Waals surface area contributed by atoms with Gasteiger partial charge in [-0.1, -0.05) is 23.2 Å². The molecule has 0 bridgehead atoms. The van der Waals surface area contributed by atoms with E-state index in [0.717, 1.165) is 6.07 Å². The number of hydrogen-bond acceptors (Lipinski definition) is 4. The molecule has 1 atom stereocenters. The van der Waals surface area contributed by atoms with Gasteiger partial charge in [0.1, 0.15) is 22.2 Å². The minimum absolute atomic E-state index is 0.145. The van der Waals surface area contributed by atoms with E-state index in [1.165, 1.54) is 6.07 Å². The van der Waals surface area contributed by atoms with Crippen LogP contribution in [0, 0.1) is 6.92 Å². The third kappa shape index (κ3) is 3.52. The summed E-state index contributed by atoms with van der Waals surface area (Å²) in [4.78, 5) is -0.413. The fourth-order valence-corrected chi connectivity index (χ4v) is 3.99. The van der Waals surface area contributed by atoms with E-state index in [9.17, 15) is 13.5 Å². The molecule has 0 fully saturated rings. The van der Waals surface area contributed by atoms with E-state index in [2.05, 4.69) is 4.72 Å². The van der Waals surface area contributed by atoms with Crippen molar-refractivity contribution in [3.63, 3.8) is 0 Å². The topological polar surface area (TPSA) is 79.5 Å². The highest BCUT2D eigenvalue weighted by atomic mass is 35.5. The van der Waals surface area contributed by atoms with Gasteiger partial charge in [0, 0.05) is 11.1 Å². The standard InChI is InChI=1S/C13H13Cl2NO4S/c1-7-3-4-12(20-7)8(2)16-21(18,19)13-10(15)5-9(14)6-11(13)17/h3-6,8,16-17H,1-2H3. The van der Waals surface area contributed by atoms with Gasteiger partial charge in [0.15, 0.2) is 0 Å². The van der Waals surface area contributed by atoms with Crippen LogP contribution < -0.4 is 4.72 Å². The van der Waals surface area contributed by atoms with Crippen LogP contribution in [-0.2, 0) is 10.0 Å². The van der Waals surface area contributed by atoms with Crippen LogP contribution in [0.25, 0.3) is 0 Å².